The van der Waals surface area contributed by atoms with Gasteiger partial charge in [0.15, 0.2) is 0 Å². The molecule has 0 saturated carbocycles. The van der Waals surface area contributed by atoms with Gasteiger partial charge < -0.3 is 10.1 Å². The number of ether oxygens (including phenoxy) is 1. The fourth-order valence-electron chi connectivity index (χ4n) is 1.38. The molecule has 6 heteroatoms. The normalized spacial score (nSPS) is 11.4. The van der Waals surface area contributed by atoms with Crippen molar-refractivity contribution >= 4 is 25.8 Å². The van der Waals surface area contributed by atoms with E-state index in [2.05, 4.69) is 21.2 Å². The molecule has 0 fully saturated rings. The van der Waals surface area contributed by atoms with E-state index in [1.54, 1.807) is 0 Å². The van der Waals surface area contributed by atoms with Crippen LogP contribution in [0.3, 0.4) is 0 Å². The molecule has 0 aromatic heterocycles. The average molecular weight is 336 g/mol. The molecule has 0 radical (unpaired) electrons. The van der Waals surface area contributed by atoms with Gasteiger partial charge in [-0.2, -0.15) is 0 Å². The predicted molar refractivity (Wildman–Crippen MR) is 76.8 cm³/mol. The summed E-state index contributed by atoms with van der Waals surface area (Å²) in [5.74, 6) is 1.05. The topological polar surface area (TPSA) is 55.4 Å². The first-order valence-electron chi connectivity index (χ1n) is 5.74. The summed E-state index contributed by atoms with van der Waals surface area (Å²) in [6.07, 6.45) is 1.89. The maximum atomic E-state index is 10.9. The lowest BCUT2D eigenvalue weighted by Gasteiger charge is -2.07. The van der Waals surface area contributed by atoms with Crippen LogP contribution in [0.5, 0.6) is 5.75 Å². The summed E-state index contributed by atoms with van der Waals surface area (Å²) in [6.45, 7) is 1.96. The Morgan fingerprint density at radius 2 is 2.11 bits per heavy atom. The van der Waals surface area contributed by atoms with Crippen molar-refractivity contribution in [3.63, 3.8) is 0 Å². The molecule has 0 heterocycles. The monoisotopic (exact) mass is 335 g/mol. The Labute approximate surface area is 117 Å². The highest BCUT2D eigenvalue weighted by Crippen LogP contribution is 2.17. The van der Waals surface area contributed by atoms with Crippen LogP contribution in [-0.2, 0) is 9.84 Å². The lowest BCUT2D eigenvalue weighted by Crippen LogP contribution is -2.23. The van der Waals surface area contributed by atoms with Crippen LogP contribution >= 0.6 is 15.9 Å². The molecule has 0 spiro atoms. The smallest absolute Gasteiger partial charge is 0.147 e. The molecule has 18 heavy (non-hydrogen) atoms. The Hall–Kier alpha value is -0.590. The predicted octanol–water partition coefficient (Wildman–Crippen LogP) is 1.85. The van der Waals surface area contributed by atoms with Gasteiger partial charge in [-0.3, -0.25) is 0 Å². The maximum absolute atomic E-state index is 10.9. The number of hydrogen-bond acceptors (Lipinski definition) is 4. The van der Waals surface area contributed by atoms with E-state index in [1.807, 2.05) is 24.3 Å². The number of benzene rings is 1. The third-order valence-electron chi connectivity index (χ3n) is 2.21. The van der Waals surface area contributed by atoms with Crippen LogP contribution in [0.1, 0.15) is 6.42 Å². The van der Waals surface area contributed by atoms with Crippen molar-refractivity contribution in [1.82, 2.24) is 5.32 Å². The van der Waals surface area contributed by atoms with Crippen LogP contribution in [0.15, 0.2) is 28.7 Å². The molecule has 0 unspecified atom stereocenters. The van der Waals surface area contributed by atoms with Gasteiger partial charge >= 0.3 is 0 Å². The molecule has 0 aliphatic carbocycles. The first kappa shape index (κ1) is 15.5. The molecule has 1 aromatic carbocycles. The Morgan fingerprint density at radius 3 is 2.78 bits per heavy atom. The fraction of sp³-hybridized carbons (Fsp3) is 0.500. The molecule has 0 amide bonds. The summed E-state index contributed by atoms with van der Waals surface area (Å²) in [5, 5.41) is 3.14. The van der Waals surface area contributed by atoms with Gasteiger partial charge in [0, 0.05) is 17.3 Å². The SMILES string of the molecule is CS(=O)(=O)CCCNCCOc1cccc(Br)c1. The Kier molecular flexibility index (Phi) is 6.67. The van der Waals surface area contributed by atoms with Crippen LogP contribution < -0.4 is 10.1 Å². The Morgan fingerprint density at radius 1 is 1.33 bits per heavy atom. The minimum atomic E-state index is -2.84. The lowest BCUT2D eigenvalue weighted by molar-refractivity contribution is 0.314. The first-order valence-corrected chi connectivity index (χ1v) is 8.59. The molecular weight excluding hydrogens is 318 g/mol. The van der Waals surface area contributed by atoms with Gasteiger partial charge in [0.1, 0.15) is 22.2 Å². The van der Waals surface area contributed by atoms with Gasteiger partial charge in [0.25, 0.3) is 0 Å². The molecule has 1 rings (SSSR count). The van der Waals surface area contributed by atoms with Crippen LogP contribution in [0.25, 0.3) is 0 Å². The minimum absolute atomic E-state index is 0.229. The third kappa shape index (κ3) is 7.68. The summed E-state index contributed by atoms with van der Waals surface area (Å²) >= 11 is 3.37. The number of rotatable bonds is 8. The fourth-order valence-corrected chi connectivity index (χ4v) is 2.43. The molecule has 102 valence electrons. The lowest BCUT2D eigenvalue weighted by atomic mass is 10.3. The number of hydrogen-bond donors (Lipinski definition) is 1. The second-order valence-electron chi connectivity index (χ2n) is 4.04. The van der Waals surface area contributed by atoms with Crippen molar-refractivity contribution in [1.29, 1.82) is 0 Å². The van der Waals surface area contributed by atoms with Gasteiger partial charge in [-0.15, -0.1) is 0 Å². The molecule has 0 aliphatic rings. The maximum Gasteiger partial charge on any atom is 0.147 e. The van der Waals surface area contributed by atoms with Crippen LogP contribution in [0.2, 0.25) is 0 Å². The van der Waals surface area contributed by atoms with Crippen molar-refractivity contribution in [2.45, 2.75) is 6.42 Å². The Bertz CT molecular complexity index is 462. The van der Waals surface area contributed by atoms with E-state index in [1.165, 1.54) is 6.26 Å². The summed E-state index contributed by atoms with van der Waals surface area (Å²) in [7, 11) is -2.84. The van der Waals surface area contributed by atoms with Crippen LogP contribution in [-0.4, -0.2) is 40.1 Å². The zero-order valence-corrected chi connectivity index (χ0v) is 12.8. The molecule has 4 nitrogen and oxygen atoms in total. The van der Waals surface area contributed by atoms with Gasteiger partial charge in [0.2, 0.25) is 0 Å². The van der Waals surface area contributed by atoms with E-state index in [-0.39, 0.29) is 5.75 Å². The molecule has 0 aliphatic heterocycles. The zero-order chi connectivity index (χ0) is 13.4. The second-order valence-corrected chi connectivity index (χ2v) is 7.21. The van der Waals surface area contributed by atoms with E-state index >= 15 is 0 Å². The Balaban J connectivity index is 2.06. The average Bonchev–Trinajstić information content (AvgIpc) is 2.26. The van der Waals surface area contributed by atoms with Crippen molar-refractivity contribution in [2.24, 2.45) is 0 Å². The molecule has 0 bridgehead atoms. The van der Waals surface area contributed by atoms with Gasteiger partial charge in [-0.25, -0.2) is 8.42 Å². The van der Waals surface area contributed by atoms with E-state index in [4.69, 9.17) is 4.74 Å². The summed E-state index contributed by atoms with van der Waals surface area (Å²) in [6, 6.07) is 7.66. The van der Waals surface area contributed by atoms with E-state index in [9.17, 15) is 8.42 Å². The quantitative estimate of drug-likeness (QED) is 0.736. The van der Waals surface area contributed by atoms with E-state index in [0.29, 0.717) is 26.1 Å². The largest absolute Gasteiger partial charge is 0.492 e. The summed E-state index contributed by atoms with van der Waals surface area (Å²) in [4.78, 5) is 0. The van der Waals surface area contributed by atoms with Crippen molar-refractivity contribution in [2.75, 3.05) is 31.7 Å². The molecule has 0 atom stereocenters. The molecule has 1 N–H and O–H groups in total. The van der Waals surface area contributed by atoms with Crippen molar-refractivity contribution < 1.29 is 13.2 Å². The number of nitrogens with one attached hydrogen (secondary N) is 1. The highest BCUT2D eigenvalue weighted by molar-refractivity contribution is 9.10. The minimum Gasteiger partial charge on any atom is -0.492 e. The van der Waals surface area contributed by atoms with Crippen LogP contribution in [0.4, 0.5) is 0 Å². The standard InChI is InChI=1S/C12H18BrNO3S/c1-18(15,16)9-3-6-14-7-8-17-12-5-2-4-11(13)10-12/h2,4-5,10,14H,3,6-9H2,1H3. The molecule has 0 saturated heterocycles. The molecular formula is C12H18BrNO3S. The van der Waals surface area contributed by atoms with Gasteiger partial charge in [-0.1, -0.05) is 22.0 Å². The number of sulfone groups is 1. The zero-order valence-electron chi connectivity index (χ0n) is 10.4. The highest BCUT2D eigenvalue weighted by atomic mass is 79.9. The second kappa shape index (κ2) is 7.76. The first-order chi connectivity index (χ1) is 8.47. The number of halogens is 1. The van der Waals surface area contributed by atoms with Crippen LogP contribution in [0, 0.1) is 0 Å². The van der Waals surface area contributed by atoms with E-state index in [0.717, 1.165) is 10.2 Å². The van der Waals surface area contributed by atoms with Crippen molar-refractivity contribution in [3.05, 3.63) is 28.7 Å². The highest BCUT2D eigenvalue weighted by Gasteiger charge is 2.00. The van der Waals surface area contributed by atoms with Gasteiger partial charge in [-0.05, 0) is 31.2 Å². The van der Waals surface area contributed by atoms with E-state index < -0.39 is 9.84 Å². The van der Waals surface area contributed by atoms with Gasteiger partial charge in [0.05, 0.1) is 5.75 Å². The summed E-state index contributed by atoms with van der Waals surface area (Å²) in [5.41, 5.74) is 0. The molecule has 1 aromatic rings. The van der Waals surface area contributed by atoms with Crippen molar-refractivity contribution in [3.8, 4) is 5.75 Å². The third-order valence-corrected chi connectivity index (χ3v) is 3.74. The summed E-state index contributed by atoms with van der Waals surface area (Å²) < 4.78 is 28.3.